The highest BCUT2D eigenvalue weighted by Crippen LogP contribution is 2.54. The molecule has 9 nitrogen and oxygen atoms in total. The van der Waals surface area contributed by atoms with Crippen molar-refractivity contribution < 1.29 is 24.3 Å². The van der Waals surface area contributed by atoms with Crippen LogP contribution in [0.1, 0.15) is 56.9 Å². The third kappa shape index (κ3) is 4.01. The molecule has 34 heavy (non-hydrogen) atoms. The topological polar surface area (TPSA) is 110 Å². The van der Waals surface area contributed by atoms with Gasteiger partial charge in [-0.3, -0.25) is 14.4 Å². The Morgan fingerprint density at radius 1 is 1.06 bits per heavy atom. The van der Waals surface area contributed by atoms with E-state index >= 15 is 0 Å². The molecule has 1 aromatic rings. The molecule has 0 aromatic heterocycles. The summed E-state index contributed by atoms with van der Waals surface area (Å²) in [5, 5.41) is 11.6. The predicted octanol–water partition coefficient (Wildman–Crippen LogP) is 1.78. The number of hydrogen-bond donors (Lipinski definition) is 2. The zero-order valence-corrected chi connectivity index (χ0v) is 19.5. The maximum Gasteiger partial charge on any atom is 0.405 e. The van der Waals surface area contributed by atoms with Gasteiger partial charge in [0.05, 0.1) is 6.54 Å². The maximum atomic E-state index is 13.9. The monoisotopic (exact) mass is 468 g/mol. The van der Waals surface area contributed by atoms with Crippen molar-refractivity contribution in [2.24, 2.45) is 0 Å². The normalized spacial score (nSPS) is 30.0. The van der Waals surface area contributed by atoms with Gasteiger partial charge in [-0.05, 0) is 44.1 Å². The number of nitrogens with one attached hydrogen (secondary N) is 1. The van der Waals surface area contributed by atoms with Crippen molar-refractivity contribution in [2.75, 3.05) is 19.6 Å². The van der Waals surface area contributed by atoms with E-state index < -0.39 is 24.1 Å². The molecule has 4 amide bonds. The molecule has 1 spiro atoms. The van der Waals surface area contributed by atoms with Crippen molar-refractivity contribution in [1.82, 2.24) is 20.0 Å². The van der Waals surface area contributed by atoms with Crippen LogP contribution in [0.4, 0.5) is 4.79 Å². The Morgan fingerprint density at radius 3 is 2.44 bits per heavy atom. The predicted molar refractivity (Wildman–Crippen MR) is 123 cm³/mol. The van der Waals surface area contributed by atoms with Crippen LogP contribution in [0.5, 0.6) is 0 Å². The van der Waals surface area contributed by atoms with E-state index in [1.165, 1.54) is 17.4 Å². The second-order valence-electron chi connectivity index (χ2n) is 10.2. The number of carbonyl (C=O) groups excluding carboxylic acids is 3. The Hall–Kier alpha value is -3.10. The zero-order chi connectivity index (χ0) is 24.0. The van der Waals surface area contributed by atoms with Gasteiger partial charge >= 0.3 is 6.09 Å². The number of hydrogen-bond acceptors (Lipinski definition) is 4. The van der Waals surface area contributed by atoms with E-state index in [2.05, 4.69) is 17.4 Å². The Kier molecular flexibility index (Phi) is 5.73. The van der Waals surface area contributed by atoms with Gasteiger partial charge < -0.3 is 25.1 Å². The highest BCUT2D eigenvalue weighted by molar-refractivity contribution is 5.93. The molecule has 1 saturated carbocycles. The first-order valence-electron chi connectivity index (χ1n) is 12.2. The lowest BCUT2D eigenvalue weighted by Crippen LogP contribution is -2.61. The average molecular weight is 469 g/mol. The summed E-state index contributed by atoms with van der Waals surface area (Å²) >= 11 is 0. The summed E-state index contributed by atoms with van der Waals surface area (Å²) < 4.78 is 0. The first-order chi connectivity index (χ1) is 16.3. The highest BCUT2D eigenvalue weighted by atomic mass is 16.4. The number of rotatable bonds is 3. The van der Waals surface area contributed by atoms with E-state index in [4.69, 9.17) is 0 Å². The molecule has 4 fully saturated rings. The van der Waals surface area contributed by atoms with Gasteiger partial charge in [0.1, 0.15) is 12.1 Å². The molecular weight excluding hydrogens is 436 g/mol. The molecule has 4 aliphatic rings. The second-order valence-corrected chi connectivity index (χ2v) is 10.2. The van der Waals surface area contributed by atoms with Crippen LogP contribution in [0.25, 0.3) is 0 Å². The van der Waals surface area contributed by atoms with Crippen LogP contribution < -0.4 is 5.32 Å². The van der Waals surface area contributed by atoms with E-state index in [-0.39, 0.29) is 29.9 Å². The summed E-state index contributed by atoms with van der Waals surface area (Å²) in [5.41, 5.74) is 1.14. The molecule has 3 saturated heterocycles. The number of carboxylic acid groups (broad SMARTS) is 1. The van der Waals surface area contributed by atoms with Crippen LogP contribution in [-0.2, 0) is 14.4 Å². The van der Waals surface area contributed by atoms with Gasteiger partial charge in [-0.15, -0.1) is 0 Å². The summed E-state index contributed by atoms with van der Waals surface area (Å²) in [4.78, 5) is 56.1. The van der Waals surface area contributed by atoms with Gasteiger partial charge in [-0.1, -0.05) is 30.3 Å². The summed E-state index contributed by atoms with van der Waals surface area (Å²) in [6.07, 6.45) is 3.44. The van der Waals surface area contributed by atoms with Crippen molar-refractivity contribution >= 4 is 23.8 Å². The third-order valence-electron chi connectivity index (χ3n) is 8.18. The minimum absolute atomic E-state index is 0.00939. The Bertz CT molecular complexity index is 994. The number of likely N-dealkylation sites (tertiary alicyclic amines) is 1. The van der Waals surface area contributed by atoms with Gasteiger partial charge in [-0.2, -0.15) is 0 Å². The van der Waals surface area contributed by atoms with Crippen molar-refractivity contribution in [3.63, 3.8) is 0 Å². The quantitative estimate of drug-likeness (QED) is 0.703. The Labute approximate surface area is 199 Å². The van der Waals surface area contributed by atoms with Crippen LogP contribution in [-0.4, -0.2) is 86.9 Å². The highest BCUT2D eigenvalue weighted by Gasteiger charge is 2.58. The molecule has 5 rings (SSSR count). The molecule has 3 heterocycles. The van der Waals surface area contributed by atoms with Gasteiger partial charge in [0.2, 0.25) is 17.7 Å². The van der Waals surface area contributed by atoms with Crippen molar-refractivity contribution in [3.8, 4) is 0 Å². The van der Waals surface area contributed by atoms with Crippen molar-refractivity contribution in [3.05, 3.63) is 35.9 Å². The van der Waals surface area contributed by atoms with Gasteiger partial charge in [0.25, 0.3) is 0 Å². The number of amides is 4. The van der Waals surface area contributed by atoms with Crippen LogP contribution in [0, 0.1) is 0 Å². The molecule has 0 radical (unpaired) electrons. The zero-order valence-electron chi connectivity index (χ0n) is 19.5. The van der Waals surface area contributed by atoms with Crippen molar-refractivity contribution in [2.45, 2.75) is 75.0 Å². The van der Waals surface area contributed by atoms with Gasteiger partial charge in [-0.25, -0.2) is 4.79 Å². The molecule has 1 unspecified atom stereocenters. The fourth-order valence-corrected chi connectivity index (χ4v) is 6.28. The molecule has 9 heteroatoms. The first-order valence-corrected chi connectivity index (χ1v) is 12.2. The fraction of sp³-hybridized carbons (Fsp3) is 0.600. The lowest BCUT2D eigenvalue weighted by molar-refractivity contribution is -0.149. The summed E-state index contributed by atoms with van der Waals surface area (Å²) in [6.45, 7) is 2.50. The largest absolute Gasteiger partial charge is 0.465 e. The van der Waals surface area contributed by atoms with Crippen LogP contribution in [0.15, 0.2) is 30.3 Å². The molecule has 2 N–H and O–H groups in total. The minimum atomic E-state index is -1.32. The lowest BCUT2D eigenvalue weighted by atomic mass is 9.96. The smallest absolute Gasteiger partial charge is 0.405 e. The number of fused-ring (bicyclic) bond motifs is 1. The number of carbonyl (C=O) groups is 4. The van der Waals surface area contributed by atoms with Gasteiger partial charge in [0, 0.05) is 37.5 Å². The van der Waals surface area contributed by atoms with Crippen LogP contribution >= 0.6 is 0 Å². The molecular formula is C25H32N4O5. The Morgan fingerprint density at radius 2 is 1.79 bits per heavy atom. The van der Waals surface area contributed by atoms with Crippen LogP contribution in [0.3, 0.4) is 0 Å². The number of nitrogens with zero attached hydrogens (tertiary/aromatic N) is 3. The van der Waals surface area contributed by atoms with Gasteiger partial charge in [0.15, 0.2) is 0 Å². The molecule has 182 valence electrons. The Balaban J connectivity index is 1.38. The van der Waals surface area contributed by atoms with Crippen molar-refractivity contribution in [1.29, 1.82) is 0 Å². The SMILES string of the molecule is CC(=O)N1CC[C@H]2CC[C@@H](C(=O)N3CC(c4ccccc4)CC34CC4)N2C(=O)[C@@H](NC(=O)O)C1. The summed E-state index contributed by atoms with van der Waals surface area (Å²) in [7, 11) is 0. The molecule has 1 aromatic carbocycles. The standard InChI is InChI=1S/C25H32N4O5/c1-16(30)27-12-9-19-7-8-21(29(19)22(31)20(15-27)26-24(33)34)23(32)28-14-18(13-25(28)10-11-25)17-5-3-2-4-6-17/h2-6,18-21,26H,7-15H2,1H3,(H,33,34)/t18?,19-,20+,21+/m1/s1. The first kappa shape index (κ1) is 22.7. The fourth-order valence-electron chi connectivity index (χ4n) is 6.28. The van der Waals surface area contributed by atoms with E-state index in [1.54, 1.807) is 4.90 Å². The van der Waals surface area contributed by atoms with E-state index in [1.807, 2.05) is 23.1 Å². The molecule has 4 atom stereocenters. The molecule has 0 bridgehead atoms. The minimum Gasteiger partial charge on any atom is -0.465 e. The summed E-state index contributed by atoms with van der Waals surface area (Å²) in [5.74, 6) is -0.315. The maximum absolute atomic E-state index is 13.9. The average Bonchev–Trinajstić information content (AvgIpc) is 3.29. The summed E-state index contributed by atoms with van der Waals surface area (Å²) in [6, 6.07) is 8.45. The third-order valence-corrected chi connectivity index (χ3v) is 8.18. The van der Waals surface area contributed by atoms with E-state index in [0.29, 0.717) is 38.3 Å². The van der Waals surface area contributed by atoms with E-state index in [9.17, 15) is 24.3 Å². The van der Waals surface area contributed by atoms with Crippen LogP contribution in [0.2, 0.25) is 0 Å². The van der Waals surface area contributed by atoms with E-state index in [0.717, 1.165) is 19.3 Å². The molecule has 3 aliphatic heterocycles. The molecule has 1 aliphatic carbocycles. The lowest BCUT2D eigenvalue weighted by Gasteiger charge is -2.39. The second kappa shape index (κ2) is 8.60. The number of benzene rings is 1.